The Bertz CT molecular complexity index is 937. The zero-order chi connectivity index (χ0) is 18.4. The van der Waals surface area contributed by atoms with Crippen LogP contribution in [0.3, 0.4) is 0 Å². The van der Waals surface area contributed by atoms with Crippen molar-refractivity contribution in [3.8, 4) is 0 Å². The largest absolute Gasteiger partial charge is 0.477 e. The van der Waals surface area contributed by atoms with Crippen molar-refractivity contribution in [2.45, 2.75) is 25.8 Å². The van der Waals surface area contributed by atoms with Crippen LogP contribution in [0.1, 0.15) is 36.2 Å². The molecule has 2 fully saturated rings. The quantitative estimate of drug-likeness (QED) is 0.825. The van der Waals surface area contributed by atoms with Gasteiger partial charge in [0.05, 0.1) is 11.2 Å². The molecule has 1 aliphatic heterocycles. The van der Waals surface area contributed by atoms with E-state index in [0.29, 0.717) is 11.2 Å². The smallest absolute Gasteiger partial charge is 0.341 e. The van der Waals surface area contributed by atoms with E-state index in [1.807, 2.05) is 9.47 Å². The SMILES string of the molecule is CCN1CCN(c2cc3c(cc2F)c(=O)c(C(=O)O)cn3C2CC2)CC1.Cl.O. The van der Waals surface area contributed by atoms with Crippen LogP contribution in [-0.4, -0.2) is 58.7 Å². The van der Waals surface area contributed by atoms with Crippen LogP contribution in [0.4, 0.5) is 10.1 Å². The van der Waals surface area contributed by atoms with Crippen molar-refractivity contribution in [3.63, 3.8) is 0 Å². The number of fused-ring (bicyclic) bond motifs is 1. The van der Waals surface area contributed by atoms with Gasteiger partial charge in [-0.3, -0.25) is 4.79 Å². The number of carboxylic acids is 1. The fourth-order valence-electron chi connectivity index (χ4n) is 3.71. The molecule has 28 heavy (non-hydrogen) atoms. The maximum absolute atomic E-state index is 14.8. The van der Waals surface area contributed by atoms with E-state index in [2.05, 4.69) is 11.8 Å². The van der Waals surface area contributed by atoms with E-state index in [-0.39, 0.29) is 34.9 Å². The summed E-state index contributed by atoms with van der Waals surface area (Å²) in [5.41, 5.74) is 0.195. The molecule has 1 aromatic carbocycles. The van der Waals surface area contributed by atoms with Gasteiger partial charge in [0.15, 0.2) is 0 Å². The highest BCUT2D eigenvalue weighted by Gasteiger charge is 2.28. The maximum atomic E-state index is 14.8. The average molecular weight is 414 g/mol. The van der Waals surface area contributed by atoms with Crippen LogP contribution in [0.25, 0.3) is 10.9 Å². The fraction of sp³-hybridized carbons (Fsp3) is 0.474. The second-order valence-corrected chi connectivity index (χ2v) is 7.06. The van der Waals surface area contributed by atoms with Gasteiger partial charge in [0.1, 0.15) is 11.4 Å². The molecular weight excluding hydrogens is 389 g/mol. The topological polar surface area (TPSA) is 97.3 Å². The van der Waals surface area contributed by atoms with Crippen LogP contribution in [0, 0.1) is 5.82 Å². The van der Waals surface area contributed by atoms with Crippen LogP contribution < -0.4 is 10.3 Å². The summed E-state index contributed by atoms with van der Waals surface area (Å²) in [5, 5.41) is 9.45. The van der Waals surface area contributed by atoms with Gasteiger partial charge in [0.25, 0.3) is 0 Å². The van der Waals surface area contributed by atoms with E-state index < -0.39 is 17.2 Å². The maximum Gasteiger partial charge on any atom is 0.341 e. The van der Waals surface area contributed by atoms with Crippen molar-refractivity contribution in [1.29, 1.82) is 0 Å². The third-order valence-electron chi connectivity index (χ3n) is 5.43. The van der Waals surface area contributed by atoms with Crippen LogP contribution in [0.15, 0.2) is 23.1 Å². The number of hydrogen-bond donors (Lipinski definition) is 1. The van der Waals surface area contributed by atoms with Gasteiger partial charge >= 0.3 is 5.97 Å². The molecular formula is C19H25ClFN3O4. The third kappa shape index (κ3) is 3.85. The zero-order valence-corrected chi connectivity index (χ0v) is 16.5. The van der Waals surface area contributed by atoms with E-state index in [1.165, 1.54) is 12.3 Å². The molecule has 0 radical (unpaired) electrons. The number of carbonyl (C=O) groups is 1. The lowest BCUT2D eigenvalue weighted by Gasteiger charge is -2.35. The fourth-order valence-corrected chi connectivity index (χ4v) is 3.71. The van der Waals surface area contributed by atoms with Gasteiger partial charge < -0.3 is 24.9 Å². The highest BCUT2D eigenvalue weighted by Crippen LogP contribution is 2.38. The number of aromatic nitrogens is 1. The molecule has 9 heteroatoms. The second-order valence-electron chi connectivity index (χ2n) is 7.06. The van der Waals surface area contributed by atoms with Crippen LogP contribution >= 0.6 is 12.4 Å². The summed E-state index contributed by atoms with van der Waals surface area (Å²) in [6, 6.07) is 3.12. The van der Waals surface area contributed by atoms with Gasteiger partial charge in [-0.1, -0.05) is 6.92 Å². The zero-order valence-electron chi connectivity index (χ0n) is 15.7. The average Bonchev–Trinajstić information content (AvgIpc) is 3.47. The first kappa shape index (κ1) is 22.1. The molecule has 2 aromatic rings. The van der Waals surface area contributed by atoms with Gasteiger partial charge in [-0.05, 0) is 31.5 Å². The van der Waals surface area contributed by atoms with Crippen molar-refractivity contribution in [2.75, 3.05) is 37.6 Å². The number of hydrogen-bond acceptors (Lipinski definition) is 4. The normalized spacial score (nSPS) is 17.1. The van der Waals surface area contributed by atoms with E-state index in [9.17, 15) is 19.1 Å². The lowest BCUT2D eigenvalue weighted by molar-refractivity contribution is 0.0695. The van der Waals surface area contributed by atoms with Gasteiger partial charge in [-0.2, -0.15) is 0 Å². The Balaban J connectivity index is 0.00000140. The number of rotatable bonds is 4. The predicted molar refractivity (Wildman–Crippen MR) is 109 cm³/mol. The molecule has 3 N–H and O–H groups in total. The second kappa shape index (κ2) is 8.46. The van der Waals surface area contributed by atoms with Crippen molar-refractivity contribution in [1.82, 2.24) is 9.47 Å². The number of pyridine rings is 1. The molecule has 2 heterocycles. The Morgan fingerprint density at radius 3 is 2.39 bits per heavy atom. The monoisotopic (exact) mass is 413 g/mol. The molecule has 0 bridgehead atoms. The minimum atomic E-state index is -1.27. The molecule has 154 valence electrons. The molecule has 1 aliphatic carbocycles. The molecule has 0 atom stereocenters. The van der Waals surface area contributed by atoms with E-state index in [0.717, 1.165) is 45.6 Å². The summed E-state index contributed by atoms with van der Waals surface area (Å²) >= 11 is 0. The number of benzene rings is 1. The number of carboxylic acid groups (broad SMARTS) is 1. The van der Waals surface area contributed by atoms with E-state index >= 15 is 0 Å². The number of aromatic carboxylic acids is 1. The molecule has 7 nitrogen and oxygen atoms in total. The Labute approximate surface area is 168 Å². The van der Waals surface area contributed by atoms with Gasteiger partial charge in [0.2, 0.25) is 5.43 Å². The van der Waals surface area contributed by atoms with Crippen molar-refractivity contribution in [3.05, 3.63) is 39.9 Å². The van der Waals surface area contributed by atoms with Crippen LogP contribution in [-0.2, 0) is 0 Å². The van der Waals surface area contributed by atoms with Gasteiger partial charge in [0, 0.05) is 43.8 Å². The highest BCUT2D eigenvalue weighted by molar-refractivity contribution is 5.93. The third-order valence-corrected chi connectivity index (χ3v) is 5.43. The summed E-state index contributed by atoms with van der Waals surface area (Å²) in [5.74, 6) is -1.74. The minimum absolute atomic E-state index is 0. The summed E-state index contributed by atoms with van der Waals surface area (Å²) < 4.78 is 16.6. The van der Waals surface area contributed by atoms with Crippen LogP contribution in [0.2, 0.25) is 0 Å². The van der Waals surface area contributed by atoms with E-state index in [4.69, 9.17) is 0 Å². The number of halogens is 2. The molecule has 1 aromatic heterocycles. The lowest BCUT2D eigenvalue weighted by Crippen LogP contribution is -2.46. The van der Waals surface area contributed by atoms with Crippen molar-refractivity contribution < 1.29 is 19.8 Å². The first-order chi connectivity index (χ1) is 12.5. The molecule has 4 rings (SSSR count). The van der Waals surface area contributed by atoms with E-state index in [1.54, 1.807) is 6.07 Å². The standard InChI is InChI=1S/C19H22FN3O3.ClH.H2O/c1-2-21-5-7-22(8-6-21)17-10-16-13(9-15(17)20)18(24)14(19(25)26)11-23(16)12-3-4-12;;/h9-12H,2-8H2,1H3,(H,25,26);1H;1H2. The number of likely N-dealkylation sites (N-methyl/N-ethyl adjacent to an activating group) is 1. The lowest BCUT2D eigenvalue weighted by atomic mass is 10.1. The first-order valence-corrected chi connectivity index (χ1v) is 9.08. The number of nitrogens with zero attached hydrogens (tertiary/aromatic N) is 3. The first-order valence-electron chi connectivity index (χ1n) is 9.08. The van der Waals surface area contributed by atoms with Crippen molar-refractivity contribution in [2.24, 2.45) is 0 Å². The molecule has 0 amide bonds. The summed E-state index contributed by atoms with van der Waals surface area (Å²) in [6.07, 6.45) is 3.30. The predicted octanol–water partition coefficient (Wildman–Crippen LogP) is 1.91. The van der Waals surface area contributed by atoms with Crippen LogP contribution in [0.5, 0.6) is 0 Å². The highest BCUT2D eigenvalue weighted by atomic mass is 35.5. The summed E-state index contributed by atoms with van der Waals surface area (Å²) in [6.45, 7) is 6.31. The molecule has 1 saturated carbocycles. The minimum Gasteiger partial charge on any atom is -0.477 e. The Hall–Kier alpha value is -2.16. The summed E-state index contributed by atoms with van der Waals surface area (Å²) in [7, 11) is 0. The Morgan fingerprint density at radius 1 is 1.21 bits per heavy atom. The van der Waals surface area contributed by atoms with Crippen molar-refractivity contribution >= 4 is 35.0 Å². The molecule has 0 unspecified atom stereocenters. The molecule has 2 aliphatic rings. The van der Waals surface area contributed by atoms with Gasteiger partial charge in [-0.25, -0.2) is 9.18 Å². The Morgan fingerprint density at radius 2 is 1.86 bits per heavy atom. The number of piperazine rings is 1. The Kier molecular flexibility index (Phi) is 6.69. The summed E-state index contributed by atoms with van der Waals surface area (Å²) in [4.78, 5) is 28.2. The number of anilines is 1. The molecule has 1 saturated heterocycles. The van der Waals surface area contributed by atoms with Gasteiger partial charge in [-0.15, -0.1) is 12.4 Å². The molecule has 0 spiro atoms.